The van der Waals surface area contributed by atoms with Gasteiger partial charge in [-0.2, -0.15) is 0 Å². The van der Waals surface area contributed by atoms with Gasteiger partial charge in [0.25, 0.3) is 5.91 Å². The van der Waals surface area contributed by atoms with E-state index in [2.05, 4.69) is 48.8 Å². The quantitative estimate of drug-likeness (QED) is 0.292. The Labute approximate surface area is 239 Å². The molecule has 0 aliphatic carbocycles. The Morgan fingerprint density at radius 2 is 1.73 bits per heavy atom. The van der Waals surface area contributed by atoms with Gasteiger partial charge < -0.3 is 19.3 Å². The maximum atomic E-state index is 13.3. The summed E-state index contributed by atoms with van der Waals surface area (Å²) in [6, 6.07) is 8.97. The van der Waals surface area contributed by atoms with Gasteiger partial charge in [-0.05, 0) is 29.7 Å². The molecule has 4 amide bonds. The monoisotopic (exact) mass is 535 g/mol. The first kappa shape index (κ1) is 28.2. The molecule has 1 N–H and O–H groups in total. The number of nitrogens with one attached hydrogen (secondary N) is 1. The summed E-state index contributed by atoms with van der Waals surface area (Å²) in [5.74, 6) is -0.406. The third-order valence-corrected chi connectivity index (χ3v) is 8.41. The molecule has 200 valence electrons. The first-order chi connectivity index (χ1) is 18.8. The number of ether oxygens (including phenoxy) is 2. The molecule has 3 heterocycles. The van der Waals surface area contributed by atoms with Crippen molar-refractivity contribution in [2.24, 2.45) is 0 Å². The lowest BCUT2D eigenvalue weighted by Gasteiger charge is -2.43. The third-order valence-electron chi connectivity index (χ3n) is 8.41. The minimum atomic E-state index is -0.744. The zero-order valence-corrected chi connectivity index (χ0v) is 24.1. The van der Waals surface area contributed by atoms with E-state index in [4.69, 9.17) is 9.47 Å². The summed E-state index contributed by atoms with van der Waals surface area (Å²) in [5, 5.41) is 1.10. The molecule has 5 rings (SSSR count). The van der Waals surface area contributed by atoms with Crippen LogP contribution in [0.5, 0.6) is 5.75 Å². The first-order valence-electron chi connectivity index (χ1n) is 13.8. The van der Waals surface area contributed by atoms with E-state index in [0.717, 1.165) is 27.6 Å². The topological polar surface area (TPSA) is 105 Å². The molecule has 15 heteroatoms. The second-order valence-corrected chi connectivity index (χ2v) is 11.9. The second-order valence-electron chi connectivity index (χ2n) is 11.9. The van der Waals surface area contributed by atoms with Crippen LogP contribution in [0.15, 0.2) is 30.3 Å². The molecule has 2 aromatic rings. The molecule has 40 heavy (non-hydrogen) atoms. The van der Waals surface area contributed by atoms with Gasteiger partial charge in [0.2, 0.25) is 17.7 Å². The smallest absolute Gasteiger partial charge is 0.255 e. The number of rotatable bonds is 6. The van der Waals surface area contributed by atoms with Gasteiger partial charge in [0.05, 0.1) is 18.6 Å². The number of morpholine rings is 1. The van der Waals surface area contributed by atoms with Crippen molar-refractivity contribution >= 4 is 81.6 Å². The van der Waals surface area contributed by atoms with Crippen molar-refractivity contribution in [2.75, 3.05) is 19.8 Å². The van der Waals surface area contributed by atoms with Crippen molar-refractivity contribution in [1.29, 1.82) is 0 Å². The zero-order chi connectivity index (χ0) is 29.0. The highest BCUT2D eigenvalue weighted by Gasteiger charge is 2.41. The average Bonchev–Trinajstić information content (AvgIpc) is 3.20. The molecule has 1 unspecified atom stereocenters. The number of imide groups is 1. The maximum absolute atomic E-state index is 13.3. The summed E-state index contributed by atoms with van der Waals surface area (Å²) < 4.78 is 12.0. The van der Waals surface area contributed by atoms with Crippen LogP contribution < -0.4 is 21.0 Å². The highest BCUT2D eigenvalue weighted by molar-refractivity contribution is 6.48. The van der Waals surface area contributed by atoms with E-state index in [1.54, 1.807) is 12.1 Å². The molecule has 1 atom stereocenters. The first-order valence-corrected chi connectivity index (χ1v) is 13.8. The van der Waals surface area contributed by atoms with E-state index < -0.39 is 22.7 Å². The summed E-state index contributed by atoms with van der Waals surface area (Å²) in [6.45, 7) is 1.42. The Kier molecular flexibility index (Phi) is 7.23. The highest BCUT2D eigenvalue weighted by atomic mass is 16.5. The van der Waals surface area contributed by atoms with Crippen molar-refractivity contribution in [3.05, 3.63) is 52.6 Å². The summed E-state index contributed by atoms with van der Waals surface area (Å²) in [7, 11) is 12.2. The van der Waals surface area contributed by atoms with E-state index in [-0.39, 0.29) is 37.3 Å². The van der Waals surface area contributed by atoms with Crippen molar-refractivity contribution in [2.45, 2.75) is 36.2 Å². The van der Waals surface area contributed by atoms with E-state index >= 15 is 0 Å². The lowest BCUT2D eigenvalue weighted by Crippen LogP contribution is -2.56. The van der Waals surface area contributed by atoms with Crippen LogP contribution >= 0.6 is 0 Å². The fourth-order valence-electron chi connectivity index (χ4n) is 6.51. The van der Waals surface area contributed by atoms with Gasteiger partial charge in [0.1, 0.15) is 49.8 Å². The maximum Gasteiger partial charge on any atom is 0.255 e. The predicted octanol–water partition coefficient (Wildman–Crippen LogP) is -6.34. The lowest BCUT2D eigenvalue weighted by atomic mass is 9.52. The van der Waals surface area contributed by atoms with Crippen LogP contribution in [0.4, 0.5) is 0 Å². The number of carbonyl (C=O) groups excluding carboxylic acids is 4. The Hall–Kier alpha value is -3.33. The molecule has 2 aromatic carbocycles. The number of hydrogen-bond acceptors (Lipinski definition) is 6. The molecule has 2 saturated heterocycles. The van der Waals surface area contributed by atoms with Crippen LogP contribution in [0.2, 0.25) is 0 Å². The van der Waals surface area contributed by atoms with Gasteiger partial charge in [-0.15, -0.1) is 0 Å². The van der Waals surface area contributed by atoms with Gasteiger partial charge in [0.15, 0.2) is 15.7 Å². The standard InChI is InChI=1S/C25H31B6N3O6/c26-15-8-12(24(28,29)34-6-7-39-11-20(34)36)9-16(27)21(15)25(30,31)40-18-3-1-2-13-14(18)10-33(23(13)38)17-4-5-19(35)32-22(17)37/h1-3,8-9,17H,4-7,10-11,26-31H2,(H,32,35,37). The normalized spacial score (nSPS) is 19.9. The van der Waals surface area contributed by atoms with Crippen molar-refractivity contribution in [3.8, 4) is 5.75 Å². The van der Waals surface area contributed by atoms with Gasteiger partial charge in [-0.1, -0.05) is 29.1 Å². The average molecular weight is 534 g/mol. The van der Waals surface area contributed by atoms with E-state index in [1.807, 2.05) is 26.7 Å². The Bertz CT molecular complexity index is 1410. The number of benzene rings is 2. The summed E-state index contributed by atoms with van der Waals surface area (Å²) in [6.07, 6.45) is 0.515. The zero-order valence-electron chi connectivity index (χ0n) is 24.1. The molecular weight excluding hydrogens is 503 g/mol. The molecule has 2 fully saturated rings. The fraction of sp³-hybridized carbons (Fsp3) is 0.360. The Morgan fingerprint density at radius 3 is 2.38 bits per heavy atom. The molecule has 9 nitrogen and oxygen atoms in total. The van der Waals surface area contributed by atoms with Crippen LogP contribution in [0.25, 0.3) is 0 Å². The number of fused-ring (bicyclic) bond motifs is 1. The molecule has 0 bridgehead atoms. The van der Waals surface area contributed by atoms with Crippen LogP contribution in [0, 0.1) is 0 Å². The minimum Gasteiger partial charge on any atom is -0.501 e. The van der Waals surface area contributed by atoms with Gasteiger partial charge in [-0.25, -0.2) is 0 Å². The van der Waals surface area contributed by atoms with Crippen LogP contribution in [-0.4, -0.2) is 106 Å². The highest BCUT2D eigenvalue weighted by Crippen LogP contribution is 2.36. The number of carbonyl (C=O) groups is 4. The fourth-order valence-corrected chi connectivity index (χ4v) is 6.51. The molecule has 0 saturated carbocycles. The Morgan fingerprint density at radius 1 is 1.02 bits per heavy atom. The van der Waals surface area contributed by atoms with Crippen molar-refractivity contribution < 1.29 is 28.7 Å². The molecular formula is C25H31B6N3O6. The van der Waals surface area contributed by atoms with Crippen LogP contribution in [0.1, 0.15) is 39.9 Å². The van der Waals surface area contributed by atoms with E-state index in [9.17, 15) is 19.2 Å². The minimum absolute atomic E-state index is 0.0156. The molecule has 0 radical (unpaired) electrons. The van der Waals surface area contributed by atoms with E-state index in [1.165, 1.54) is 4.90 Å². The second kappa shape index (κ2) is 10.3. The summed E-state index contributed by atoms with van der Waals surface area (Å²) in [4.78, 5) is 53.4. The largest absolute Gasteiger partial charge is 0.501 e. The molecule has 0 aromatic heterocycles. The van der Waals surface area contributed by atoms with Crippen LogP contribution in [-0.2, 0) is 36.4 Å². The molecule has 0 spiro atoms. The number of piperidine rings is 1. The lowest BCUT2D eigenvalue weighted by molar-refractivity contribution is -0.145. The van der Waals surface area contributed by atoms with Gasteiger partial charge >= 0.3 is 0 Å². The van der Waals surface area contributed by atoms with Crippen molar-refractivity contribution in [1.82, 2.24) is 15.1 Å². The van der Waals surface area contributed by atoms with Gasteiger partial charge in [-0.3, -0.25) is 24.5 Å². The third kappa shape index (κ3) is 4.89. The van der Waals surface area contributed by atoms with E-state index in [0.29, 0.717) is 30.9 Å². The Balaban J connectivity index is 1.42. The summed E-state index contributed by atoms with van der Waals surface area (Å²) >= 11 is 0. The van der Waals surface area contributed by atoms with Crippen molar-refractivity contribution in [3.63, 3.8) is 0 Å². The van der Waals surface area contributed by atoms with Crippen LogP contribution in [0.3, 0.4) is 0 Å². The number of amides is 4. The molecule has 3 aliphatic heterocycles. The predicted molar refractivity (Wildman–Crippen MR) is 166 cm³/mol. The molecule has 3 aliphatic rings. The van der Waals surface area contributed by atoms with Gasteiger partial charge in [0, 0.05) is 29.4 Å². The SMILES string of the molecule is Bc1cc(C(B)(B)N2CCOCC2=O)cc(B)c1C(B)(B)Oc1cccc2c1CN(C1CCC(=O)NC1=O)C2=O. The number of nitrogens with zero attached hydrogens (tertiary/aromatic N) is 2. The number of hydrogen-bond donors (Lipinski definition) is 1. The summed E-state index contributed by atoms with van der Waals surface area (Å²) in [5.41, 5.74) is 5.42.